The zero-order chi connectivity index (χ0) is 26.5. The van der Waals surface area contributed by atoms with Crippen LogP contribution in [0.25, 0.3) is 24.3 Å². The minimum Gasteiger partial charge on any atom is -0.369 e. The van der Waals surface area contributed by atoms with Crippen molar-refractivity contribution >= 4 is 92.4 Å². The van der Waals surface area contributed by atoms with Crippen LogP contribution in [0.2, 0.25) is 0 Å². The maximum Gasteiger partial charge on any atom is 0.0367 e. The lowest BCUT2D eigenvalue weighted by molar-refractivity contribution is 0.313. The fourth-order valence-corrected chi connectivity index (χ4v) is 5.91. The van der Waals surface area contributed by atoms with E-state index in [1.165, 1.54) is 22.5 Å². The summed E-state index contributed by atoms with van der Waals surface area (Å²) in [4.78, 5) is 9.71. The number of hydrogen-bond donors (Lipinski definition) is 0. The average molecular weight is 709 g/mol. The van der Waals surface area contributed by atoms with Crippen LogP contribution in [-0.2, 0) is 0 Å². The second-order valence-electron chi connectivity index (χ2n) is 10.3. The Morgan fingerprint density at radius 1 is 0.500 bits per heavy atom. The van der Waals surface area contributed by atoms with E-state index in [0.717, 1.165) is 72.4 Å². The molecule has 0 spiro atoms. The number of nitrogens with zero attached hydrogens (tertiary/aromatic N) is 4. The zero-order valence-corrected chi connectivity index (χ0v) is 27.9. The van der Waals surface area contributed by atoms with Gasteiger partial charge in [-0.05, 0) is 72.7 Å². The molecule has 40 heavy (non-hydrogen) atoms. The van der Waals surface area contributed by atoms with Crippen molar-refractivity contribution in [2.75, 3.05) is 76.3 Å². The summed E-state index contributed by atoms with van der Waals surface area (Å²) in [6.07, 6.45) is 8.70. The number of benzene rings is 3. The molecule has 2 saturated heterocycles. The van der Waals surface area contributed by atoms with Crippen LogP contribution in [0.5, 0.6) is 0 Å². The molecule has 0 atom stereocenters. The topological polar surface area (TPSA) is 13.0 Å². The number of halogens is 4. The molecular weight excluding hydrogens is 671 g/mol. The molecule has 5 rings (SSSR count). The Bertz CT molecular complexity index is 1180. The number of piperazine rings is 2. The quantitative estimate of drug-likeness (QED) is 0.242. The van der Waals surface area contributed by atoms with Crippen LogP contribution in [0.1, 0.15) is 22.3 Å². The highest BCUT2D eigenvalue weighted by Crippen LogP contribution is 2.29. The second-order valence-corrected chi connectivity index (χ2v) is 12.0. The molecular formula is C32H38Br2Cl2N4. The number of likely N-dealkylation sites (N-methyl/N-ethyl adjacent to an activating group) is 2. The van der Waals surface area contributed by atoms with Crippen molar-refractivity contribution in [1.29, 1.82) is 0 Å². The molecule has 0 radical (unpaired) electrons. The smallest absolute Gasteiger partial charge is 0.0367 e. The van der Waals surface area contributed by atoms with Gasteiger partial charge in [0.05, 0.1) is 0 Å². The molecule has 0 aliphatic carbocycles. The molecule has 0 aromatic heterocycles. The van der Waals surface area contributed by atoms with Gasteiger partial charge in [-0.25, -0.2) is 0 Å². The summed E-state index contributed by atoms with van der Waals surface area (Å²) in [5, 5.41) is 0. The van der Waals surface area contributed by atoms with E-state index < -0.39 is 0 Å². The first-order chi connectivity index (χ1) is 18.4. The first-order valence-corrected chi connectivity index (χ1v) is 15.0. The molecule has 2 heterocycles. The number of anilines is 2. The van der Waals surface area contributed by atoms with Gasteiger partial charge in [0, 0.05) is 72.7 Å². The van der Waals surface area contributed by atoms with E-state index in [0.29, 0.717) is 0 Å². The van der Waals surface area contributed by atoms with Gasteiger partial charge in [0.1, 0.15) is 0 Å². The summed E-state index contributed by atoms with van der Waals surface area (Å²) < 4.78 is 2.16. The normalized spacial score (nSPS) is 16.8. The highest BCUT2D eigenvalue weighted by Gasteiger charge is 2.15. The lowest BCUT2D eigenvalue weighted by Gasteiger charge is -2.34. The molecule has 8 heteroatoms. The molecule has 3 aromatic rings. The summed E-state index contributed by atoms with van der Waals surface area (Å²) in [7, 11) is 4.39. The van der Waals surface area contributed by atoms with Crippen molar-refractivity contribution in [3.05, 3.63) is 91.9 Å². The lowest BCUT2D eigenvalue weighted by Crippen LogP contribution is -2.44. The van der Waals surface area contributed by atoms with E-state index in [2.05, 4.69) is 151 Å². The first kappa shape index (κ1) is 32.7. The number of hydrogen-bond acceptors (Lipinski definition) is 4. The van der Waals surface area contributed by atoms with E-state index in [1.807, 2.05) is 0 Å². The molecule has 0 N–H and O–H groups in total. The monoisotopic (exact) mass is 706 g/mol. The molecule has 0 amide bonds. The molecule has 214 valence electrons. The predicted molar refractivity (Wildman–Crippen MR) is 186 cm³/mol. The van der Waals surface area contributed by atoms with Gasteiger partial charge >= 0.3 is 0 Å². The van der Waals surface area contributed by atoms with Gasteiger partial charge in [-0.1, -0.05) is 80.4 Å². The van der Waals surface area contributed by atoms with Crippen LogP contribution in [-0.4, -0.2) is 76.3 Å². The van der Waals surface area contributed by atoms with Gasteiger partial charge in [-0.15, -0.1) is 24.8 Å². The van der Waals surface area contributed by atoms with Gasteiger partial charge in [0.15, 0.2) is 0 Å². The average Bonchev–Trinajstić information content (AvgIpc) is 2.94. The molecule has 0 saturated carbocycles. The Morgan fingerprint density at radius 3 is 1.15 bits per heavy atom. The SMILES string of the molecule is CN1CCN(c2ccc(/C=C/c3cc(Br)c(/C=C/c4ccc(N5CCN(C)CC5)cc4)cc3Br)cc2)CC1.Cl.Cl. The summed E-state index contributed by atoms with van der Waals surface area (Å²) in [6.45, 7) is 8.87. The Balaban J connectivity index is 0.00000220. The largest absolute Gasteiger partial charge is 0.369 e. The predicted octanol–water partition coefficient (Wildman–Crippen LogP) is 7.90. The Kier molecular flexibility index (Phi) is 12.6. The summed E-state index contributed by atoms with van der Waals surface area (Å²) in [5.74, 6) is 0. The molecule has 4 nitrogen and oxygen atoms in total. The fraction of sp³-hybridized carbons (Fsp3) is 0.312. The van der Waals surface area contributed by atoms with Gasteiger partial charge in [0.25, 0.3) is 0 Å². The minimum atomic E-state index is 0. The summed E-state index contributed by atoms with van der Waals surface area (Å²) in [6, 6.07) is 22.1. The minimum absolute atomic E-state index is 0. The van der Waals surface area contributed by atoms with E-state index in [9.17, 15) is 0 Å². The second kappa shape index (κ2) is 15.4. The maximum absolute atomic E-state index is 3.78. The van der Waals surface area contributed by atoms with Crippen molar-refractivity contribution in [3.63, 3.8) is 0 Å². The van der Waals surface area contributed by atoms with E-state index in [1.54, 1.807) is 0 Å². The Hall–Kier alpha value is -1.80. The molecule has 0 unspecified atom stereocenters. The maximum atomic E-state index is 3.78. The molecule has 3 aromatic carbocycles. The van der Waals surface area contributed by atoms with Crippen LogP contribution in [0, 0.1) is 0 Å². The molecule has 2 aliphatic heterocycles. The molecule has 2 aliphatic rings. The van der Waals surface area contributed by atoms with Crippen LogP contribution in [0.4, 0.5) is 11.4 Å². The van der Waals surface area contributed by atoms with Crippen molar-refractivity contribution < 1.29 is 0 Å². The van der Waals surface area contributed by atoms with Crippen LogP contribution in [0.3, 0.4) is 0 Å². The van der Waals surface area contributed by atoms with Gasteiger partial charge in [0.2, 0.25) is 0 Å². The van der Waals surface area contributed by atoms with E-state index in [4.69, 9.17) is 0 Å². The van der Waals surface area contributed by atoms with Crippen LogP contribution < -0.4 is 9.80 Å². The fourth-order valence-electron chi connectivity index (χ4n) is 4.93. The van der Waals surface area contributed by atoms with Crippen molar-refractivity contribution in [2.45, 2.75) is 0 Å². The van der Waals surface area contributed by atoms with E-state index >= 15 is 0 Å². The number of rotatable bonds is 6. The molecule has 2 fully saturated rings. The van der Waals surface area contributed by atoms with Crippen molar-refractivity contribution in [2.24, 2.45) is 0 Å². The summed E-state index contributed by atoms with van der Waals surface area (Å²) in [5.41, 5.74) is 7.32. The highest BCUT2D eigenvalue weighted by atomic mass is 79.9. The van der Waals surface area contributed by atoms with Crippen LogP contribution >= 0.6 is 56.7 Å². The first-order valence-electron chi connectivity index (χ1n) is 13.4. The van der Waals surface area contributed by atoms with Gasteiger partial charge in [-0.2, -0.15) is 0 Å². The Morgan fingerprint density at radius 2 is 0.825 bits per heavy atom. The van der Waals surface area contributed by atoms with Crippen LogP contribution in [0.15, 0.2) is 69.6 Å². The third kappa shape index (κ3) is 8.60. The third-order valence-electron chi connectivity index (χ3n) is 7.55. The zero-order valence-electron chi connectivity index (χ0n) is 23.1. The van der Waals surface area contributed by atoms with Crippen molar-refractivity contribution in [1.82, 2.24) is 9.80 Å². The molecule has 0 bridgehead atoms. The van der Waals surface area contributed by atoms with Crippen molar-refractivity contribution in [3.8, 4) is 0 Å². The summed E-state index contributed by atoms with van der Waals surface area (Å²) >= 11 is 7.56. The van der Waals surface area contributed by atoms with Gasteiger partial charge in [-0.3, -0.25) is 0 Å². The van der Waals surface area contributed by atoms with Gasteiger partial charge < -0.3 is 19.6 Å². The standard InChI is InChI=1S/C32H36Br2N4.2ClH/c1-35-15-19-37(20-16-35)29-11-5-25(6-12-29)3-9-27-23-32(34)28(24-31(27)33)10-4-26-7-13-30(14-8-26)38-21-17-36(2)18-22-38;;/h3-14,23-24H,15-22H2,1-2H3;2*1H/b9-3+,10-4+;;. The van der Waals surface area contributed by atoms with E-state index in [-0.39, 0.29) is 24.8 Å². The third-order valence-corrected chi connectivity index (χ3v) is 8.92. The highest BCUT2D eigenvalue weighted by molar-refractivity contribution is 9.11. The lowest BCUT2D eigenvalue weighted by atomic mass is 10.1. The Labute approximate surface area is 268 Å².